The summed E-state index contributed by atoms with van der Waals surface area (Å²) in [5.41, 5.74) is 6.12. The van der Waals surface area contributed by atoms with E-state index in [0.29, 0.717) is 6.04 Å². The summed E-state index contributed by atoms with van der Waals surface area (Å²) in [6, 6.07) is 4.68. The molecule has 3 nitrogen and oxygen atoms in total. The van der Waals surface area contributed by atoms with Crippen LogP contribution in [0.2, 0.25) is 0 Å². The van der Waals surface area contributed by atoms with E-state index in [4.69, 9.17) is 5.73 Å². The Hall–Kier alpha value is 0.0600. The summed E-state index contributed by atoms with van der Waals surface area (Å²) in [6.07, 6.45) is 0. The van der Waals surface area contributed by atoms with Crippen LogP contribution >= 0.6 is 27.3 Å². The average Bonchev–Trinajstić information content (AvgIpc) is 2.61. The summed E-state index contributed by atoms with van der Waals surface area (Å²) in [6.45, 7) is 4.14. The first-order valence-corrected chi connectivity index (χ1v) is 7.38. The van der Waals surface area contributed by atoms with Gasteiger partial charge in [-0.15, -0.1) is 11.3 Å². The predicted molar refractivity (Wildman–Crippen MR) is 79.6 cm³/mol. The molecule has 98 valence electrons. The maximum Gasteiger partial charge on any atom is 0.0702 e. The lowest BCUT2D eigenvalue weighted by Gasteiger charge is -2.31. The monoisotopic (exact) mass is 319 g/mol. The average molecular weight is 320 g/mol. The third-order valence-electron chi connectivity index (χ3n) is 2.76. The van der Waals surface area contributed by atoms with E-state index in [0.717, 1.165) is 13.1 Å². The molecule has 0 saturated carbocycles. The minimum Gasteiger partial charge on any atom is -0.326 e. The maximum absolute atomic E-state index is 6.12. The number of halogens is 1. The Morgan fingerprint density at radius 1 is 1.29 bits per heavy atom. The summed E-state index contributed by atoms with van der Waals surface area (Å²) in [5, 5.41) is 0. The van der Waals surface area contributed by atoms with Gasteiger partial charge in [-0.3, -0.25) is 4.90 Å². The van der Waals surface area contributed by atoms with Crippen molar-refractivity contribution in [3.05, 3.63) is 20.8 Å². The lowest BCUT2D eigenvalue weighted by Crippen LogP contribution is -2.39. The highest BCUT2D eigenvalue weighted by Crippen LogP contribution is 2.31. The van der Waals surface area contributed by atoms with Gasteiger partial charge in [-0.2, -0.15) is 0 Å². The predicted octanol–water partition coefficient (Wildman–Crippen LogP) is 2.39. The summed E-state index contributed by atoms with van der Waals surface area (Å²) in [5.74, 6) is 0. The van der Waals surface area contributed by atoms with E-state index in [1.807, 2.05) is 0 Å². The van der Waals surface area contributed by atoms with Crippen LogP contribution in [0.25, 0.3) is 0 Å². The van der Waals surface area contributed by atoms with Crippen molar-refractivity contribution in [3.63, 3.8) is 0 Å². The molecule has 2 unspecified atom stereocenters. The highest BCUT2D eigenvalue weighted by Gasteiger charge is 2.22. The summed E-state index contributed by atoms with van der Waals surface area (Å²) in [4.78, 5) is 5.86. The van der Waals surface area contributed by atoms with E-state index >= 15 is 0 Å². The molecule has 1 aromatic rings. The number of hydrogen-bond donors (Lipinski definition) is 1. The fourth-order valence-electron chi connectivity index (χ4n) is 1.86. The van der Waals surface area contributed by atoms with Gasteiger partial charge in [0, 0.05) is 24.0 Å². The summed E-state index contributed by atoms with van der Waals surface area (Å²) >= 11 is 5.28. The zero-order chi connectivity index (χ0) is 13.0. The number of likely N-dealkylation sites (N-methyl/N-ethyl adjacent to an activating group) is 2. The van der Waals surface area contributed by atoms with Gasteiger partial charge < -0.3 is 10.6 Å². The highest BCUT2D eigenvalue weighted by molar-refractivity contribution is 9.11. The van der Waals surface area contributed by atoms with Crippen molar-refractivity contribution < 1.29 is 0 Å². The van der Waals surface area contributed by atoms with E-state index in [9.17, 15) is 0 Å². The highest BCUT2D eigenvalue weighted by atomic mass is 79.9. The van der Waals surface area contributed by atoms with Crippen LogP contribution in [-0.4, -0.2) is 50.1 Å². The molecule has 0 saturated heterocycles. The standard InChI is InChI=1S/C12H22BrN3S/c1-9(14)12(10-5-6-11(13)17-10)16(4)8-7-15(2)3/h5-6,9,12H,7-8,14H2,1-4H3. The van der Waals surface area contributed by atoms with Crippen molar-refractivity contribution in [2.24, 2.45) is 5.73 Å². The molecule has 0 spiro atoms. The van der Waals surface area contributed by atoms with Crippen molar-refractivity contribution in [3.8, 4) is 0 Å². The van der Waals surface area contributed by atoms with E-state index in [-0.39, 0.29) is 6.04 Å². The molecule has 0 fully saturated rings. The van der Waals surface area contributed by atoms with Crippen molar-refractivity contribution in [1.29, 1.82) is 0 Å². The van der Waals surface area contributed by atoms with Crippen LogP contribution in [0.5, 0.6) is 0 Å². The Balaban J connectivity index is 2.72. The molecule has 0 bridgehead atoms. The molecule has 17 heavy (non-hydrogen) atoms. The Kier molecular flexibility index (Phi) is 6.09. The van der Waals surface area contributed by atoms with Crippen molar-refractivity contribution in [1.82, 2.24) is 9.80 Å². The molecular weight excluding hydrogens is 298 g/mol. The molecule has 2 N–H and O–H groups in total. The molecule has 1 aromatic heterocycles. The van der Waals surface area contributed by atoms with E-state index in [2.05, 4.69) is 65.9 Å². The molecular formula is C12H22BrN3S. The number of thiophene rings is 1. The summed E-state index contributed by atoms with van der Waals surface area (Å²) in [7, 11) is 6.33. The van der Waals surface area contributed by atoms with Crippen molar-refractivity contribution in [2.75, 3.05) is 34.2 Å². The maximum atomic E-state index is 6.12. The first kappa shape index (κ1) is 15.1. The van der Waals surface area contributed by atoms with Gasteiger partial charge in [-0.05, 0) is 56.1 Å². The molecule has 0 aliphatic carbocycles. The molecule has 2 atom stereocenters. The molecule has 0 aromatic carbocycles. The van der Waals surface area contributed by atoms with Crippen LogP contribution in [0.1, 0.15) is 17.8 Å². The summed E-state index contributed by atoms with van der Waals surface area (Å²) < 4.78 is 1.17. The minimum absolute atomic E-state index is 0.132. The van der Waals surface area contributed by atoms with Gasteiger partial charge in [0.05, 0.1) is 9.83 Å². The quantitative estimate of drug-likeness (QED) is 0.873. The van der Waals surface area contributed by atoms with Crippen molar-refractivity contribution >= 4 is 27.3 Å². The van der Waals surface area contributed by atoms with Gasteiger partial charge >= 0.3 is 0 Å². The normalized spacial score (nSPS) is 15.5. The van der Waals surface area contributed by atoms with Gasteiger partial charge in [0.2, 0.25) is 0 Å². The third kappa shape index (κ3) is 4.67. The zero-order valence-electron chi connectivity index (χ0n) is 11.0. The second-order valence-corrected chi connectivity index (χ2v) is 7.22. The lowest BCUT2D eigenvalue weighted by molar-refractivity contribution is 0.201. The van der Waals surface area contributed by atoms with E-state index < -0.39 is 0 Å². The second-order valence-electron chi connectivity index (χ2n) is 4.73. The van der Waals surface area contributed by atoms with Gasteiger partial charge in [-0.1, -0.05) is 0 Å². The third-order valence-corrected chi connectivity index (χ3v) is 4.45. The van der Waals surface area contributed by atoms with Gasteiger partial charge in [0.25, 0.3) is 0 Å². The van der Waals surface area contributed by atoms with Crippen LogP contribution in [0.3, 0.4) is 0 Å². The number of nitrogens with zero attached hydrogens (tertiary/aromatic N) is 2. The Bertz CT molecular complexity index is 338. The molecule has 1 rings (SSSR count). The van der Waals surface area contributed by atoms with Crippen molar-refractivity contribution in [2.45, 2.75) is 19.0 Å². The van der Waals surface area contributed by atoms with E-state index in [1.165, 1.54) is 8.66 Å². The minimum atomic E-state index is 0.132. The smallest absolute Gasteiger partial charge is 0.0702 e. The van der Waals surface area contributed by atoms with Crippen LogP contribution in [-0.2, 0) is 0 Å². The van der Waals surface area contributed by atoms with Crippen LogP contribution in [0, 0.1) is 0 Å². The Morgan fingerprint density at radius 3 is 2.35 bits per heavy atom. The fraction of sp³-hybridized carbons (Fsp3) is 0.667. The molecule has 0 aliphatic heterocycles. The molecule has 5 heteroatoms. The number of rotatable bonds is 6. The van der Waals surface area contributed by atoms with E-state index in [1.54, 1.807) is 11.3 Å². The first-order chi connectivity index (χ1) is 7.91. The van der Waals surface area contributed by atoms with Gasteiger partial charge in [0.1, 0.15) is 0 Å². The molecule has 0 amide bonds. The van der Waals surface area contributed by atoms with Crippen LogP contribution < -0.4 is 5.73 Å². The lowest BCUT2D eigenvalue weighted by atomic mass is 10.1. The first-order valence-electron chi connectivity index (χ1n) is 5.77. The second kappa shape index (κ2) is 6.85. The Morgan fingerprint density at radius 2 is 1.94 bits per heavy atom. The molecule has 0 aliphatic rings. The molecule has 1 heterocycles. The largest absolute Gasteiger partial charge is 0.326 e. The Labute approximate surface area is 117 Å². The SMILES string of the molecule is CC(N)C(c1ccc(Br)s1)N(C)CCN(C)C. The zero-order valence-corrected chi connectivity index (χ0v) is 13.4. The van der Waals surface area contributed by atoms with Crippen LogP contribution in [0.4, 0.5) is 0 Å². The topological polar surface area (TPSA) is 32.5 Å². The van der Waals surface area contributed by atoms with Gasteiger partial charge in [0.15, 0.2) is 0 Å². The fourth-order valence-corrected chi connectivity index (χ4v) is 3.57. The van der Waals surface area contributed by atoms with Gasteiger partial charge in [-0.25, -0.2) is 0 Å². The molecule has 0 radical (unpaired) electrons. The van der Waals surface area contributed by atoms with Crippen LogP contribution in [0.15, 0.2) is 15.9 Å². The number of nitrogens with two attached hydrogens (primary N) is 1. The number of hydrogen-bond acceptors (Lipinski definition) is 4.